The van der Waals surface area contributed by atoms with Crippen molar-refractivity contribution in [1.29, 1.82) is 0 Å². The number of aromatic nitrogens is 1. The molecule has 0 atom stereocenters. The molecule has 1 aromatic heterocycles. The van der Waals surface area contributed by atoms with Gasteiger partial charge >= 0.3 is 0 Å². The smallest absolute Gasteiger partial charge is 0.125 e. The number of anilines is 1. The molecule has 0 aliphatic rings. The Morgan fingerprint density at radius 2 is 2.18 bits per heavy atom. The minimum Gasteiger partial charge on any atom is -0.381 e. The Bertz CT molecular complexity index is 508. The highest BCUT2D eigenvalue weighted by atomic mass is 35.5. The Labute approximate surface area is 104 Å². The Morgan fingerprint density at radius 3 is 2.88 bits per heavy atom. The summed E-state index contributed by atoms with van der Waals surface area (Å²) in [5.74, 6) is -0.242. The number of pyridine rings is 1. The van der Waals surface area contributed by atoms with E-state index >= 15 is 0 Å². The molecule has 2 nitrogen and oxygen atoms in total. The van der Waals surface area contributed by atoms with Gasteiger partial charge in [0.15, 0.2) is 0 Å². The molecule has 1 aromatic carbocycles. The van der Waals surface area contributed by atoms with Gasteiger partial charge < -0.3 is 5.32 Å². The van der Waals surface area contributed by atoms with Crippen molar-refractivity contribution in [3.05, 3.63) is 58.6 Å². The van der Waals surface area contributed by atoms with Crippen molar-refractivity contribution in [2.45, 2.75) is 13.5 Å². The second kappa shape index (κ2) is 5.15. The molecule has 2 rings (SSSR count). The van der Waals surface area contributed by atoms with Gasteiger partial charge in [-0.1, -0.05) is 11.6 Å². The number of nitrogens with one attached hydrogen (secondary N) is 1. The van der Waals surface area contributed by atoms with E-state index in [0.717, 1.165) is 16.8 Å². The highest BCUT2D eigenvalue weighted by molar-refractivity contribution is 6.31. The molecule has 0 bridgehead atoms. The van der Waals surface area contributed by atoms with Gasteiger partial charge in [0.25, 0.3) is 0 Å². The molecule has 88 valence electrons. The highest BCUT2D eigenvalue weighted by Gasteiger charge is 2.01. The molecule has 0 unspecified atom stereocenters. The minimum atomic E-state index is -0.242. The number of aryl methyl sites for hydroxylation is 1. The molecule has 0 saturated heterocycles. The molecule has 1 N–H and O–H groups in total. The van der Waals surface area contributed by atoms with Crippen LogP contribution in [0.2, 0.25) is 5.02 Å². The quantitative estimate of drug-likeness (QED) is 0.896. The maximum absolute atomic E-state index is 13.2. The molecule has 17 heavy (non-hydrogen) atoms. The van der Waals surface area contributed by atoms with Crippen molar-refractivity contribution in [3.63, 3.8) is 0 Å². The van der Waals surface area contributed by atoms with Crippen molar-refractivity contribution in [2.24, 2.45) is 0 Å². The lowest BCUT2D eigenvalue weighted by Gasteiger charge is -2.08. The maximum Gasteiger partial charge on any atom is 0.125 e. The van der Waals surface area contributed by atoms with E-state index in [9.17, 15) is 4.39 Å². The van der Waals surface area contributed by atoms with Crippen LogP contribution in [0.3, 0.4) is 0 Å². The van der Waals surface area contributed by atoms with Crippen molar-refractivity contribution >= 4 is 17.3 Å². The summed E-state index contributed by atoms with van der Waals surface area (Å²) in [5, 5.41) is 3.74. The molecule has 4 heteroatoms. The van der Waals surface area contributed by atoms with E-state index in [1.54, 1.807) is 12.4 Å². The molecule has 0 radical (unpaired) electrons. The SMILES string of the molecule is Cc1cc(F)cc(NCc2ccncc2Cl)c1. The molecule has 0 amide bonds. The van der Waals surface area contributed by atoms with E-state index in [1.165, 1.54) is 12.1 Å². The van der Waals surface area contributed by atoms with Gasteiger partial charge in [-0.05, 0) is 42.3 Å². The predicted molar refractivity (Wildman–Crippen MR) is 67.7 cm³/mol. The molecular weight excluding hydrogens is 239 g/mol. The summed E-state index contributed by atoms with van der Waals surface area (Å²) in [7, 11) is 0. The number of nitrogens with zero attached hydrogens (tertiary/aromatic N) is 1. The Morgan fingerprint density at radius 1 is 1.35 bits per heavy atom. The Kier molecular flexibility index (Phi) is 3.59. The van der Waals surface area contributed by atoms with Crippen LogP contribution in [0.25, 0.3) is 0 Å². The fraction of sp³-hybridized carbons (Fsp3) is 0.154. The first kappa shape index (κ1) is 11.9. The molecule has 0 spiro atoms. The van der Waals surface area contributed by atoms with Crippen LogP contribution in [-0.2, 0) is 6.54 Å². The molecule has 0 saturated carbocycles. The molecule has 0 aliphatic heterocycles. The number of hydrogen-bond acceptors (Lipinski definition) is 2. The topological polar surface area (TPSA) is 24.9 Å². The normalized spacial score (nSPS) is 10.3. The van der Waals surface area contributed by atoms with Crippen molar-refractivity contribution in [3.8, 4) is 0 Å². The van der Waals surface area contributed by atoms with Crippen LogP contribution in [0.1, 0.15) is 11.1 Å². The van der Waals surface area contributed by atoms with Crippen molar-refractivity contribution < 1.29 is 4.39 Å². The van der Waals surface area contributed by atoms with Gasteiger partial charge in [-0.3, -0.25) is 4.98 Å². The van der Waals surface area contributed by atoms with Crippen LogP contribution in [0, 0.1) is 12.7 Å². The van der Waals surface area contributed by atoms with E-state index in [4.69, 9.17) is 11.6 Å². The summed E-state index contributed by atoms with van der Waals surface area (Å²) in [4.78, 5) is 3.91. The van der Waals surface area contributed by atoms with Crippen LogP contribution in [-0.4, -0.2) is 4.98 Å². The average molecular weight is 251 g/mol. The Hall–Kier alpha value is -1.61. The van der Waals surface area contributed by atoms with E-state index in [2.05, 4.69) is 10.3 Å². The first-order valence-electron chi connectivity index (χ1n) is 5.24. The Balaban J connectivity index is 2.10. The van der Waals surface area contributed by atoms with Crippen LogP contribution in [0.4, 0.5) is 10.1 Å². The first-order chi connectivity index (χ1) is 8.15. The van der Waals surface area contributed by atoms with Crippen LogP contribution >= 0.6 is 11.6 Å². The predicted octanol–water partition coefficient (Wildman–Crippen LogP) is 3.79. The third kappa shape index (κ3) is 3.17. The zero-order valence-electron chi connectivity index (χ0n) is 9.37. The van der Waals surface area contributed by atoms with Crippen LogP contribution in [0.15, 0.2) is 36.7 Å². The highest BCUT2D eigenvalue weighted by Crippen LogP contribution is 2.17. The van der Waals surface area contributed by atoms with E-state index < -0.39 is 0 Å². The molecular formula is C13H12ClFN2. The number of hydrogen-bond donors (Lipinski definition) is 1. The third-order valence-electron chi connectivity index (χ3n) is 2.38. The lowest BCUT2D eigenvalue weighted by atomic mass is 10.2. The van der Waals surface area contributed by atoms with Gasteiger partial charge in [-0.2, -0.15) is 0 Å². The largest absolute Gasteiger partial charge is 0.381 e. The average Bonchev–Trinajstić information content (AvgIpc) is 2.27. The fourth-order valence-corrected chi connectivity index (χ4v) is 1.77. The van der Waals surface area contributed by atoms with Crippen molar-refractivity contribution in [2.75, 3.05) is 5.32 Å². The summed E-state index contributed by atoms with van der Waals surface area (Å²) in [5.41, 5.74) is 2.56. The summed E-state index contributed by atoms with van der Waals surface area (Å²) < 4.78 is 13.2. The van der Waals surface area contributed by atoms with E-state index in [-0.39, 0.29) is 5.82 Å². The van der Waals surface area contributed by atoms with Crippen LogP contribution in [0.5, 0.6) is 0 Å². The zero-order chi connectivity index (χ0) is 12.3. The van der Waals surface area contributed by atoms with Gasteiger partial charge in [0.05, 0.1) is 5.02 Å². The summed E-state index contributed by atoms with van der Waals surface area (Å²) >= 11 is 5.98. The minimum absolute atomic E-state index is 0.242. The third-order valence-corrected chi connectivity index (χ3v) is 2.72. The second-order valence-corrected chi connectivity index (χ2v) is 4.25. The van der Waals surface area contributed by atoms with Crippen molar-refractivity contribution in [1.82, 2.24) is 4.98 Å². The monoisotopic (exact) mass is 250 g/mol. The lowest BCUT2D eigenvalue weighted by Crippen LogP contribution is -2.01. The number of rotatable bonds is 3. The molecule has 2 aromatic rings. The summed E-state index contributed by atoms with van der Waals surface area (Å²) in [6, 6.07) is 6.67. The van der Waals surface area contributed by atoms with E-state index in [0.29, 0.717) is 11.6 Å². The lowest BCUT2D eigenvalue weighted by molar-refractivity contribution is 0.627. The molecule has 1 heterocycles. The summed E-state index contributed by atoms with van der Waals surface area (Å²) in [6.45, 7) is 2.40. The molecule has 0 aliphatic carbocycles. The number of halogens is 2. The summed E-state index contributed by atoms with van der Waals surface area (Å²) in [6.07, 6.45) is 3.27. The molecule has 0 fully saturated rings. The van der Waals surface area contributed by atoms with Gasteiger partial charge in [0.1, 0.15) is 5.82 Å². The van der Waals surface area contributed by atoms with Gasteiger partial charge in [0, 0.05) is 24.6 Å². The second-order valence-electron chi connectivity index (χ2n) is 3.84. The van der Waals surface area contributed by atoms with Crippen LogP contribution < -0.4 is 5.32 Å². The van der Waals surface area contributed by atoms with Gasteiger partial charge in [-0.15, -0.1) is 0 Å². The fourth-order valence-electron chi connectivity index (χ4n) is 1.58. The number of benzene rings is 1. The van der Waals surface area contributed by atoms with E-state index in [1.807, 2.05) is 19.1 Å². The first-order valence-corrected chi connectivity index (χ1v) is 5.62. The standard InChI is InChI=1S/C13H12ClFN2/c1-9-4-11(15)6-12(5-9)17-7-10-2-3-16-8-13(10)14/h2-6,8,17H,7H2,1H3. The maximum atomic E-state index is 13.2. The van der Waals surface area contributed by atoms with Gasteiger partial charge in [0.2, 0.25) is 0 Å². The zero-order valence-corrected chi connectivity index (χ0v) is 10.1. The van der Waals surface area contributed by atoms with Gasteiger partial charge in [-0.25, -0.2) is 4.39 Å².